The van der Waals surface area contributed by atoms with E-state index in [0.29, 0.717) is 29.1 Å². The van der Waals surface area contributed by atoms with Crippen molar-refractivity contribution in [2.45, 2.75) is 67.2 Å². The monoisotopic (exact) mass is 638 g/mol. The van der Waals surface area contributed by atoms with Gasteiger partial charge < -0.3 is 21.1 Å². The van der Waals surface area contributed by atoms with Crippen molar-refractivity contribution in [3.63, 3.8) is 0 Å². The Kier molecular flexibility index (Phi) is 7.68. The summed E-state index contributed by atoms with van der Waals surface area (Å²) in [4.78, 5) is 39.7. The number of ether oxygens (including phenoxy) is 1. The number of carbonyl (C=O) groups excluding carboxylic acids is 3. The highest BCUT2D eigenvalue weighted by molar-refractivity contribution is 6.31. The second kappa shape index (κ2) is 10.9. The zero-order valence-electron chi connectivity index (χ0n) is 23.0. The number of carbonyl (C=O) groups is 3. The number of nitrogens with two attached hydrogens (primary N) is 1. The van der Waals surface area contributed by atoms with E-state index >= 15 is 4.39 Å². The lowest BCUT2D eigenvalue weighted by molar-refractivity contribution is -0.131. The van der Waals surface area contributed by atoms with Crippen LogP contribution >= 0.6 is 23.2 Å². The minimum absolute atomic E-state index is 0.0226. The van der Waals surface area contributed by atoms with Gasteiger partial charge in [0.05, 0.1) is 49.6 Å². The molecular formula is C30H31Cl2F3N4O4. The topological polar surface area (TPSA) is 123 Å². The molecule has 0 bridgehead atoms. The summed E-state index contributed by atoms with van der Waals surface area (Å²) >= 11 is 12.5. The Morgan fingerprint density at radius 1 is 1.12 bits per heavy atom. The third-order valence-corrected chi connectivity index (χ3v) is 10.2. The molecule has 2 aromatic rings. The highest BCUT2D eigenvalue weighted by Crippen LogP contribution is 2.68. The van der Waals surface area contributed by atoms with Crippen LogP contribution in [0.2, 0.25) is 10.0 Å². The minimum atomic E-state index is -1.63. The molecule has 2 spiro atoms. The van der Waals surface area contributed by atoms with Gasteiger partial charge in [-0.2, -0.15) is 0 Å². The highest BCUT2D eigenvalue weighted by Gasteiger charge is 2.78. The molecular weight excluding hydrogens is 608 g/mol. The van der Waals surface area contributed by atoms with Gasteiger partial charge in [-0.3, -0.25) is 28.5 Å². The summed E-state index contributed by atoms with van der Waals surface area (Å²) in [5.41, 5.74) is 1.85. The van der Waals surface area contributed by atoms with Crippen molar-refractivity contribution in [3.05, 3.63) is 63.4 Å². The van der Waals surface area contributed by atoms with Gasteiger partial charge in [0.2, 0.25) is 17.7 Å². The van der Waals surface area contributed by atoms with E-state index in [1.54, 1.807) is 18.2 Å². The van der Waals surface area contributed by atoms with E-state index in [0.717, 1.165) is 0 Å². The SMILES string of the molecule is NC(=O)C[C@@H]1CC[C@@H](NC(=O)[C@@H]2NC3(CC(CF)(CF)C3)[C@@]3(C(=O)Nc4cc(Cl)ccc43)[C@H]2c2cccc(Cl)c2F)CO1. The number of fused-ring (bicyclic) bond motifs is 3. The zero-order chi connectivity index (χ0) is 30.7. The van der Waals surface area contributed by atoms with Crippen molar-refractivity contribution in [1.29, 1.82) is 0 Å². The molecule has 230 valence electrons. The summed E-state index contributed by atoms with van der Waals surface area (Å²) in [5, 5.41) is 9.28. The largest absolute Gasteiger partial charge is 0.376 e. The van der Waals surface area contributed by atoms with Crippen molar-refractivity contribution in [3.8, 4) is 0 Å². The predicted octanol–water partition coefficient (Wildman–Crippen LogP) is 4.08. The first-order chi connectivity index (χ1) is 20.5. The normalized spacial score (nSPS) is 30.1. The van der Waals surface area contributed by atoms with Crippen LogP contribution in [0.3, 0.4) is 0 Å². The summed E-state index contributed by atoms with van der Waals surface area (Å²) in [6, 6.07) is 7.55. The van der Waals surface area contributed by atoms with Crippen molar-refractivity contribution in [2.75, 3.05) is 25.3 Å². The first-order valence-electron chi connectivity index (χ1n) is 14.1. The van der Waals surface area contributed by atoms with Gasteiger partial charge in [0.1, 0.15) is 11.2 Å². The number of hydrogen-bond acceptors (Lipinski definition) is 5. The van der Waals surface area contributed by atoms with Crippen molar-refractivity contribution in [1.82, 2.24) is 10.6 Å². The maximum Gasteiger partial charge on any atom is 0.238 e. The molecule has 5 N–H and O–H groups in total. The molecule has 2 saturated heterocycles. The van der Waals surface area contributed by atoms with Crippen molar-refractivity contribution < 1.29 is 32.3 Å². The molecule has 8 nitrogen and oxygen atoms in total. The number of nitrogens with one attached hydrogen (secondary N) is 3. The lowest BCUT2D eigenvalue weighted by Crippen LogP contribution is -2.70. The molecule has 0 unspecified atom stereocenters. The van der Waals surface area contributed by atoms with Crippen LogP contribution in [0.5, 0.6) is 0 Å². The minimum Gasteiger partial charge on any atom is -0.376 e. The third-order valence-electron chi connectivity index (χ3n) is 9.66. The molecule has 3 aliphatic heterocycles. The molecule has 2 aromatic carbocycles. The Labute approximate surface area is 256 Å². The average Bonchev–Trinajstić information content (AvgIpc) is 3.42. The second-order valence-corrected chi connectivity index (χ2v) is 13.1. The number of anilines is 1. The van der Waals surface area contributed by atoms with Gasteiger partial charge in [-0.25, -0.2) is 4.39 Å². The molecule has 0 radical (unpaired) electrons. The van der Waals surface area contributed by atoms with Gasteiger partial charge in [0.25, 0.3) is 0 Å². The average molecular weight is 640 g/mol. The number of halogens is 5. The lowest BCUT2D eigenvalue weighted by atomic mass is 9.46. The molecule has 0 aromatic heterocycles. The standard InChI is InChI=1S/C30H31Cl2F3N4O4/c31-15-4-7-19-21(8-15)38-27(42)30(19)23(18-2-1-3-20(32)24(18)35)25(39-29(30)11-28(12-29,13-33)14-34)26(41)37-16-5-6-17(43-10-16)9-22(36)40/h1-4,7-8,16-17,23,25,39H,5-6,9-14H2,(H2,36,40)(H,37,41)(H,38,42)/t16-,17+,23+,25-,30-/m1/s1. The van der Waals surface area contributed by atoms with E-state index in [9.17, 15) is 23.2 Å². The Balaban J connectivity index is 1.45. The number of benzene rings is 2. The van der Waals surface area contributed by atoms with Crippen LogP contribution in [0.4, 0.5) is 18.9 Å². The molecule has 1 saturated carbocycles. The molecule has 1 aliphatic carbocycles. The van der Waals surface area contributed by atoms with E-state index in [1.165, 1.54) is 18.2 Å². The fraction of sp³-hybridized carbons (Fsp3) is 0.500. The van der Waals surface area contributed by atoms with E-state index in [-0.39, 0.29) is 42.6 Å². The summed E-state index contributed by atoms with van der Waals surface area (Å²) in [6.45, 7) is -1.80. The maximum atomic E-state index is 15.9. The van der Waals surface area contributed by atoms with E-state index in [4.69, 9.17) is 33.7 Å². The first-order valence-corrected chi connectivity index (χ1v) is 14.9. The number of rotatable bonds is 7. The number of primary amides is 1. The van der Waals surface area contributed by atoms with Crippen molar-refractivity contribution in [2.24, 2.45) is 11.1 Å². The molecule has 3 amide bonds. The van der Waals surface area contributed by atoms with Gasteiger partial charge in [0, 0.05) is 27.6 Å². The van der Waals surface area contributed by atoms with Crippen LogP contribution in [-0.4, -0.2) is 61.4 Å². The van der Waals surface area contributed by atoms with E-state index in [2.05, 4.69) is 16.0 Å². The molecule has 3 heterocycles. The fourth-order valence-electron chi connectivity index (χ4n) is 7.95. The first kappa shape index (κ1) is 30.2. The smallest absolute Gasteiger partial charge is 0.238 e. The Hall–Kier alpha value is -2.86. The van der Waals surface area contributed by atoms with Crippen LogP contribution in [0, 0.1) is 11.2 Å². The van der Waals surface area contributed by atoms with Crippen molar-refractivity contribution >= 4 is 46.6 Å². The Bertz CT molecular complexity index is 1480. The molecule has 13 heteroatoms. The molecule has 5 atom stereocenters. The second-order valence-electron chi connectivity index (χ2n) is 12.3. The number of hydrogen-bond donors (Lipinski definition) is 4. The third kappa shape index (κ3) is 4.62. The molecule has 3 fully saturated rings. The van der Waals surface area contributed by atoms with Gasteiger partial charge in [-0.05, 0) is 55.0 Å². The summed E-state index contributed by atoms with van der Waals surface area (Å²) in [5.74, 6) is -3.50. The quantitative estimate of drug-likeness (QED) is 0.364. The molecule has 43 heavy (non-hydrogen) atoms. The van der Waals surface area contributed by atoms with Gasteiger partial charge in [-0.15, -0.1) is 0 Å². The van der Waals surface area contributed by atoms with Gasteiger partial charge >= 0.3 is 0 Å². The van der Waals surface area contributed by atoms with Crippen LogP contribution in [-0.2, 0) is 24.5 Å². The van der Waals surface area contributed by atoms with Crippen LogP contribution in [0.1, 0.15) is 49.1 Å². The van der Waals surface area contributed by atoms with E-state index in [1.807, 2.05) is 0 Å². The summed E-state index contributed by atoms with van der Waals surface area (Å²) in [7, 11) is 0. The highest BCUT2D eigenvalue weighted by atomic mass is 35.5. The predicted molar refractivity (Wildman–Crippen MR) is 154 cm³/mol. The van der Waals surface area contributed by atoms with Gasteiger partial charge in [-0.1, -0.05) is 41.4 Å². The van der Waals surface area contributed by atoms with E-state index < -0.39 is 71.3 Å². The Morgan fingerprint density at radius 3 is 2.51 bits per heavy atom. The maximum absolute atomic E-state index is 15.9. The molecule has 6 rings (SSSR count). The van der Waals surface area contributed by atoms with Crippen LogP contribution < -0.4 is 21.7 Å². The van der Waals surface area contributed by atoms with Gasteiger partial charge in [0.15, 0.2) is 0 Å². The molecule has 4 aliphatic rings. The fourth-order valence-corrected chi connectivity index (χ4v) is 8.31. The zero-order valence-corrected chi connectivity index (χ0v) is 24.5. The summed E-state index contributed by atoms with van der Waals surface area (Å²) < 4.78 is 50.2. The Morgan fingerprint density at radius 2 is 1.86 bits per heavy atom. The summed E-state index contributed by atoms with van der Waals surface area (Å²) in [6.07, 6.45) is 0.481. The number of alkyl halides is 2. The lowest BCUT2D eigenvalue weighted by Gasteiger charge is -2.59. The number of amides is 3. The van der Waals surface area contributed by atoms with Crippen LogP contribution in [0.15, 0.2) is 36.4 Å². The van der Waals surface area contributed by atoms with Crippen LogP contribution in [0.25, 0.3) is 0 Å².